The number of aromatic nitrogens is 1. The highest BCUT2D eigenvalue weighted by Gasteiger charge is 2.25. The first kappa shape index (κ1) is 15.2. The molecular formula is C17H22N4S. The van der Waals surface area contributed by atoms with Crippen molar-refractivity contribution in [1.82, 2.24) is 10.3 Å². The van der Waals surface area contributed by atoms with Gasteiger partial charge in [0.2, 0.25) is 0 Å². The van der Waals surface area contributed by atoms with Gasteiger partial charge in [-0.1, -0.05) is 39.9 Å². The molecule has 2 N–H and O–H groups in total. The molecule has 1 unspecified atom stereocenters. The average molecular weight is 314 g/mol. The number of nitrogens with one attached hydrogen (secondary N) is 2. The van der Waals surface area contributed by atoms with Crippen LogP contribution in [0.4, 0.5) is 5.82 Å². The number of anilines is 1. The molecule has 1 aromatic heterocycles. The van der Waals surface area contributed by atoms with E-state index in [9.17, 15) is 0 Å². The van der Waals surface area contributed by atoms with Gasteiger partial charge in [0, 0.05) is 17.8 Å². The van der Waals surface area contributed by atoms with Gasteiger partial charge in [0.15, 0.2) is 5.82 Å². The largest absolute Gasteiger partial charge is 0.346 e. The summed E-state index contributed by atoms with van der Waals surface area (Å²) in [5, 5.41) is 6.73. The normalized spacial score (nSPS) is 20.5. The molecule has 0 bridgehead atoms. The lowest BCUT2D eigenvalue weighted by molar-refractivity contribution is 0.485. The van der Waals surface area contributed by atoms with Crippen molar-refractivity contribution in [2.75, 3.05) is 5.32 Å². The Bertz CT molecular complexity index is 673. The van der Waals surface area contributed by atoms with E-state index in [-0.39, 0.29) is 0 Å². The molecule has 1 atom stereocenters. The minimum Gasteiger partial charge on any atom is -0.346 e. The van der Waals surface area contributed by atoms with Crippen molar-refractivity contribution in [1.29, 1.82) is 0 Å². The summed E-state index contributed by atoms with van der Waals surface area (Å²) in [5.74, 6) is 3.02. The minimum atomic E-state index is 0.380. The van der Waals surface area contributed by atoms with Gasteiger partial charge in [-0.15, -0.1) is 0 Å². The third-order valence-corrected chi connectivity index (χ3v) is 4.55. The molecular weight excluding hydrogens is 292 g/mol. The van der Waals surface area contributed by atoms with Gasteiger partial charge in [-0.2, -0.15) is 0 Å². The monoisotopic (exact) mass is 314 g/mol. The van der Waals surface area contributed by atoms with E-state index in [2.05, 4.69) is 43.3 Å². The van der Waals surface area contributed by atoms with Crippen molar-refractivity contribution < 1.29 is 0 Å². The van der Waals surface area contributed by atoms with E-state index in [0.717, 1.165) is 40.0 Å². The van der Waals surface area contributed by atoms with Gasteiger partial charge in [0.25, 0.3) is 0 Å². The summed E-state index contributed by atoms with van der Waals surface area (Å²) in [4.78, 5) is 10.0. The van der Waals surface area contributed by atoms with E-state index < -0.39 is 0 Å². The Hall–Kier alpha value is -1.75. The van der Waals surface area contributed by atoms with Crippen molar-refractivity contribution >= 4 is 29.2 Å². The number of nitrogens with zero attached hydrogens (tertiary/aromatic N) is 2. The first-order valence-corrected chi connectivity index (χ1v) is 8.23. The molecule has 0 spiro atoms. The second-order valence-corrected chi connectivity index (χ2v) is 6.99. The molecule has 5 heteroatoms. The molecule has 4 nitrogen and oxygen atoms in total. The van der Waals surface area contributed by atoms with Gasteiger partial charge < -0.3 is 10.6 Å². The molecule has 2 aliphatic heterocycles. The van der Waals surface area contributed by atoms with Crippen LogP contribution in [0.5, 0.6) is 0 Å². The van der Waals surface area contributed by atoms with Crippen molar-refractivity contribution in [3.63, 3.8) is 0 Å². The van der Waals surface area contributed by atoms with E-state index >= 15 is 0 Å². The summed E-state index contributed by atoms with van der Waals surface area (Å²) < 4.78 is 0. The number of hydrogen-bond acceptors (Lipinski definition) is 4. The lowest BCUT2D eigenvalue weighted by Gasteiger charge is -2.23. The molecule has 22 heavy (non-hydrogen) atoms. The molecule has 0 radical (unpaired) electrons. The van der Waals surface area contributed by atoms with Crippen LogP contribution in [0.1, 0.15) is 51.3 Å². The van der Waals surface area contributed by atoms with E-state index in [1.165, 1.54) is 0 Å². The number of thiocarbonyl (C=S) groups is 1. The topological polar surface area (TPSA) is 49.3 Å². The quantitative estimate of drug-likeness (QED) is 0.815. The van der Waals surface area contributed by atoms with E-state index in [4.69, 9.17) is 17.2 Å². The van der Waals surface area contributed by atoms with Crippen molar-refractivity contribution in [3.8, 4) is 0 Å². The van der Waals surface area contributed by atoms with Crippen LogP contribution >= 0.6 is 12.2 Å². The van der Waals surface area contributed by atoms with Gasteiger partial charge in [0.05, 0.1) is 11.3 Å². The summed E-state index contributed by atoms with van der Waals surface area (Å²) in [6.07, 6.45) is 2.97. The van der Waals surface area contributed by atoms with Crippen LogP contribution in [0.3, 0.4) is 0 Å². The highest BCUT2D eigenvalue weighted by molar-refractivity contribution is 7.80. The van der Waals surface area contributed by atoms with Gasteiger partial charge in [-0.25, -0.2) is 9.98 Å². The maximum absolute atomic E-state index is 5.55. The minimum absolute atomic E-state index is 0.380. The Kier molecular flexibility index (Phi) is 4.00. The predicted octanol–water partition coefficient (Wildman–Crippen LogP) is 3.81. The summed E-state index contributed by atoms with van der Waals surface area (Å²) >= 11 is 5.55. The fraction of sp³-hybridized carbons (Fsp3) is 0.471. The van der Waals surface area contributed by atoms with Gasteiger partial charge in [0.1, 0.15) is 10.8 Å². The molecule has 3 rings (SSSR count). The number of allylic oxidation sites excluding steroid dienone is 1. The summed E-state index contributed by atoms with van der Waals surface area (Å²) in [6.45, 7) is 8.71. The van der Waals surface area contributed by atoms with Crippen LogP contribution in [0.25, 0.3) is 0 Å². The van der Waals surface area contributed by atoms with Crippen LogP contribution in [-0.2, 0) is 0 Å². The van der Waals surface area contributed by atoms with Gasteiger partial charge in [-0.05, 0) is 30.4 Å². The van der Waals surface area contributed by atoms with Crippen molar-refractivity contribution in [2.45, 2.75) is 40.0 Å². The molecule has 116 valence electrons. The van der Waals surface area contributed by atoms with Crippen molar-refractivity contribution in [2.24, 2.45) is 16.8 Å². The van der Waals surface area contributed by atoms with E-state index in [1.54, 1.807) is 0 Å². The Morgan fingerprint density at radius 3 is 2.64 bits per heavy atom. The van der Waals surface area contributed by atoms with Gasteiger partial charge >= 0.3 is 0 Å². The zero-order chi connectivity index (χ0) is 15.9. The first-order chi connectivity index (χ1) is 10.5. The number of aliphatic imine (C=N–C) groups is 1. The fourth-order valence-corrected chi connectivity index (χ4v) is 2.94. The van der Waals surface area contributed by atoms with E-state index in [0.29, 0.717) is 17.8 Å². The Balaban J connectivity index is 1.96. The van der Waals surface area contributed by atoms with Crippen LogP contribution < -0.4 is 10.6 Å². The lowest BCUT2D eigenvalue weighted by Crippen LogP contribution is -2.27. The summed E-state index contributed by atoms with van der Waals surface area (Å²) in [7, 11) is 0. The Morgan fingerprint density at radius 2 is 1.95 bits per heavy atom. The van der Waals surface area contributed by atoms with E-state index in [1.807, 2.05) is 18.3 Å². The molecule has 0 saturated heterocycles. The zero-order valence-corrected chi connectivity index (χ0v) is 14.3. The predicted molar refractivity (Wildman–Crippen MR) is 95.2 cm³/mol. The molecule has 0 saturated carbocycles. The summed E-state index contributed by atoms with van der Waals surface area (Å²) in [6, 6.07) is 4.09. The third kappa shape index (κ3) is 2.77. The first-order valence-electron chi connectivity index (χ1n) is 7.82. The molecule has 2 aliphatic rings. The average Bonchev–Trinajstić information content (AvgIpc) is 2.61. The number of rotatable bonds is 2. The molecule has 0 aromatic carbocycles. The molecule has 0 fully saturated rings. The maximum Gasteiger partial charge on any atom is 0.150 e. The standard InChI is InChI=1S/C17H22N4S/c1-9(2)11-7-14-16(18-8-11)21-15-12(17(22)20-14)5-6-13(19-15)10(3)4/h5-6,8-11H,7H2,1-4H3,(H,19,21)(H,20,22). The van der Waals surface area contributed by atoms with Crippen LogP contribution in [0.15, 0.2) is 28.6 Å². The maximum atomic E-state index is 5.55. The number of pyridine rings is 1. The van der Waals surface area contributed by atoms with Crippen LogP contribution in [0.2, 0.25) is 0 Å². The number of fused-ring (bicyclic) bond motifs is 1. The van der Waals surface area contributed by atoms with Crippen LogP contribution in [0, 0.1) is 11.8 Å². The molecule has 0 amide bonds. The Labute approximate surface area is 137 Å². The molecule has 1 aromatic rings. The summed E-state index contributed by atoms with van der Waals surface area (Å²) in [5.41, 5.74) is 3.05. The highest BCUT2D eigenvalue weighted by Crippen LogP contribution is 2.29. The molecule has 3 heterocycles. The fourth-order valence-electron chi connectivity index (χ4n) is 2.65. The van der Waals surface area contributed by atoms with Crippen LogP contribution in [-0.4, -0.2) is 16.2 Å². The molecule has 0 aliphatic carbocycles. The SMILES string of the molecule is CC(C)c1ccc2c(n1)NC1=C(CC(C(C)C)C=N1)NC2=S. The third-order valence-electron chi connectivity index (χ3n) is 4.23. The second kappa shape index (κ2) is 5.80. The number of hydrogen-bond donors (Lipinski definition) is 2. The second-order valence-electron chi connectivity index (χ2n) is 6.58. The van der Waals surface area contributed by atoms with Crippen molar-refractivity contribution in [3.05, 3.63) is 34.9 Å². The smallest absolute Gasteiger partial charge is 0.150 e. The lowest BCUT2D eigenvalue weighted by atomic mass is 9.91. The van der Waals surface area contributed by atoms with Gasteiger partial charge in [-0.3, -0.25) is 0 Å². The highest BCUT2D eigenvalue weighted by atomic mass is 32.1. The zero-order valence-electron chi connectivity index (χ0n) is 13.5. The Morgan fingerprint density at radius 1 is 1.18 bits per heavy atom.